The second kappa shape index (κ2) is 3.26. The second-order valence-electron chi connectivity index (χ2n) is 4.79. The van der Waals surface area contributed by atoms with Crippen LogP contribution in [-0.4, -0.2) is 26.4 Å². The molecule has 0 saturated heterocycles. The fourth-order valence-corrected chi connectivity index (χ4v) is 2.45. The lowest BCUT2D eigenvalue weighted by molar-refractivity contribution is -0.210. The summed E-state index contributed by atoms with van der Waals surface area (Å²) in [5.74, 6) is -2.72. The molecule has 0 atom stereocenters. The summed E-state index contributed by atoms with van der Waals surface area (Å²) in [6, 6.07) is 7.52. The van der Waals surface area contributed by atoms with Gasteiger partial charge in [-0.05, 0) is 6.07 Å². The van der Waals surface area contributed by atoms with Gasteiger partial charge in [0.05, 0.1) is 23.9 Å². The number of benzene rings is 1. The van der Waals surface area contributed by atoms with E-state index in [1.807, 2.05) is 24.3 Å². The zero-order chi connectivity index (χ0) is 12.1. The first-order valence-corrected chi connectivity index (χ1v) is 5.48. The summed E-state index contributed by atoms with van der Waals surface area (Å²) >= 11 is 0. The number of nitrogens with zero attached hydrogens (tertiary/aromatic N) is 2. The highest BCUT2D eigenvalue weighted by atomic mass is 19.3. The first-order chi connectivity index (χ1) is 7.98. The van der Waals surface area contributed by atoms with Gasteiger partial charge in [-0.3, -0.25) is 4.68 Å². The van der Waals surface area contributed by atoms with Crippen LogP contribution in [0, 0.1) is 0 Å². The van der Waals surface area contributed by atoms with Crippen molar-refractivity contribution in [2.45, 2.75) is 30.9 Å². The lowest BCUT2D eigenvalue weighted by Crippen LogP contribution is -2.54. The summed E-state index contributed by atoms with van der Waals surface area (Å²) < 4.78 is 27.2. The van der Waals surface area contributed by atoms with E-state index in [2.05, 4.69) is 5.10 Å². The smallest absolute Gasteiger partial charge is 0.253 e. The molecule has 0 bridgehead atoms. The normalized spacial score (nSPS) is 21.4. The SMILES string of the molecule is OC1(Cn2ncc3ccccc32)CC(F)(F)C1. The largest absolute Gasteiger partial charge is 0.387 e. The van der Waals surface area contributed by atoms with Gasteiger partial charge in [0, 0.05) is 18.2 Å². The molecule has 5 heteroatoms. The van der Waals surface area contributed by atoms with Gasteiger partial charge in [-0.2, -0.15) is 5.10 Å². The standard InChI is InChI=1S/C12H12F2N2O/c13-12(14)6-11(17,7-12)8-16-10-4-2-1-3-9(10)5-15-16/h1-5,17H,6-8H2. The number of alkyl halides is 2. The van der Waals surface area contributed by atoms with Crippen molar-refractivity contribution < 1.29 is 13.9 Å². The maximum atomic E-state index is 12.8. The van der Waals surface area contributed by atoms with Crippen LogP contribution in [0.1, 0.15) is 12.8 Å². The van der Waals surface area contributed by atoms with Crippen molar-refractivity contribution in [1.82, 2.24) is 9.78 Å². The Bertz CT molecular complexity index is 556. The highest BCUT2D eigenvalue weighted by molar-refractivity contribution is 5.78. The molecule has 1 heterocycles. The second-order valence-corrected chi connectivity index (χ2v) is 4.79. The monoisotopic (exact) mass is 238 g/mol. The molecule has 1 N–H and O–H groups in total. The van der Waals surface area contributed by atoms with Crippen molar-refractivity contribution in [3.8, 4) is 0 Å². The van der Waals surface area contributed by atoms with Crippen molar-refractivity contribution in [3.05, 3.63) is 30.5 Å². The summed E-state index contributed by atoms with van der Waals surface area (Å²) in [5.41, 5.74) is -0.464. The molecule has 3 nitrogen and oxygen atoms in total. The third-order valence-electron chi connectivity index (χ3n) is 3.17. The third-order valence-corrected chi connectivity index (χ3v) is 3.17. The van der Waals surface area contributed by atoms with E-state index in [9.17, 15) is 13.9 Å². The molecule has 0 aliphatic heterocycles. The van der Waals surface area contributed by atoms with Crippen molar-refractivity contribution >= 4 is 10.9 Å². The average molecular weight is 238 g/mol. The summed E-state index contributed by atoms with van der Waals surface area (Å²) in [6.45, 7) is 0.121. The van der Waals surface area contributed by atoms with E-state index in [4.69, 9.17) is 0 Å². The molecule has 90 valence electrons. The molecule has 1 aliphatic carbocycles. The van der Waals surface area contributed by atoms with Crippen molar-refractivity contribution in [3.63, 3.8) is 0 Å². The van der Waals surface area contributed by atoms with E-state index < -0.39 is 24.4 Å². The van der Waals surface area contributed by atoms with Gasteiger partial charge in [-0.1, -0.05) is 18.2 Å². The molecule has 1 fully saturated rings. The summed E-state index contributed by atoms with van der Waals surface area (Å²) in [4.78, 5) is 0. The van der Waals surface area contributed by atoms with Gasteiger partial charge in [-0.25, -0.2) is 8.78 Å². The van der Waals surface area contributed by atoms with Crippen LogP contribution in [0.25, 0.3) is 10.9 Å². The van der Waals surface area contributed by atoms with Crippen LogP contribution < -0.4 is 0 Å². The van der Waals surface area contributed by atoms with Crippen LogP contribution in [0.5, 0.6) is 0 Å². The minimum absolute atomic E-state index is 0.121. The number of rotatable bonds is 2. The first-order valence-electron chi connectivity index (χ1n) is 5.48. The molecule has 0 unspecified atom stereocenters. The third kappa shape index (κ3) is 1.80. The number of aliphatic hydroxyl groups is 1. The molecule has 3 rings (SSSR count). The van der Waals surface area contributed by atoms with Crippen molar-refractivity contribution in [2.75, 3.05) is 0 Å². The van der Waals surface area contributed by atoms with Crippen LogP contribution in [0.15, 0.2) is 30.5 Å². The molecule has 1 aliphatic rings. The van der Waals surface area contributed by atoms with Gasteiger partial charge in [0.2, 0.25) is 0 Å². The predicted octanol–water partition coefficient (Wildman–Crippen LogP) is 2.20. The van der Waals surface area contributed by atoms with Gasteiger partial charge in [0.15, 0.2) is 0 Å². The number of halogens is 2. The fraction of sp³-hybridized carbons (Fsp3) is 0.417. The lowest BCUT2D eigenvalue weighted by atomic mass is 9.76. The Morgan fingerprint density at radius 3 is 2.71 bits per heavy atom. The quantitative estimate of drug-likeness (QED) is 0.871. The molecule has 1 aromatic carbocycles. The number of hydrogen-bond acceptors (Lipinski definition) is 2. The molecular weight excluding hydrogens is 226 g/mol. The highest BCUT2D eigenvalue weighted by Gasteiger charge is 2.56. The van der Waals surface area contributed by atoms with E-state index in [0.717, 1.165) is 10.9 Å². The molecule has 0 amide bonds. The van der Waals surface area contributed by atoms with Gasteiger partial charge in [-0.15, -0.1) is 0 Å². The Hall–Kier alpha value is -1.49. The molecular formula is C12H12F2N2O. The van der Waals surface area contributed by atoms with Crippen LogP contribution in [0.4, 0.5) is 8.78 Å². The Morgan fingerprint density at radius 1 is 1.29 bits per heavy atom. The molecule has 1 aromatic heterocycles. The van der Waals surface area contributed by atoms with E-state index in [1.54, 1.807) is 10.9 Å². The zero-order valence-corrected chi connectivity index (χ0v) is 9.11. The summed E-state index contributed by atoms with van der Waals surface area (Å²) in [5, 5.41) is 15.0. The van der Waals surface area contributed by atoms with Gasteiger partial charge in [0.1, 0.15) is 0 Å². The van der Waals surface area contributed by atoms with Gasteiger partial charge < -0.3 is 5.11 Å². The Morgan fingerprint density at radius 2 is 2.00 bits per heavy atom. The van der Waals surface area contributed by atoms with E-state index in [-0.39, 0.29) is 6.54 Å². The van der Waals surface area contributed by atoms with Crippen LogP contribution in [0.2, 0.25) is 0 Å². The fourth-order valence-electron chi connectivity index (χ4n) is 2.45. The van der Waals surface area contributed by atoms with Crippen molar-refractivity contribution in [2.24, 2.45) is 0 Å². The average Bonchev–Trinajstić information content (AvgIpc) is 2.58. The first kappa shape index (κ1) is 10.7. The number of para-hydroxylation sites is 1. The highest BCUT2D eigenvalue weighted by Crippen LogP contribution is 2.46. The predicted molar refractivity (Wildman–Crippen MR) is 58.9 cm³/mol. The lowest BCUT2D eigenvalue weighted by Gasteiger charge is -2.43. The van der Waals surface area contributed by atoms with Crippen LogP contribution in [-0.2, 0) is 6.54 Å². The van der Waals surface area contributed by atoms with E-state index in [0.29, 0.717) is 0 Å². The topological polar surface area (TPSA) is 38.0 Å². The minimum atomic E-state index is -2.72. The van der Waals surface area contributed by atoms with E-state index >= 15 is 0 Å². The molecule has 0 radical (unpaired) electrons. The Kier molecular flexibility index (Phi) is 2.04. The van der Waals surface area contributed by atoms with Gasteiger partial charge in [0.25, 0.3) is 5.92 Å². The van der Waals surface area contributed by atoms with Crippen LogP contribution in [0.3, 0.4) is 0 Å². The Balaban J connectivity index is 1.87. The van der Waals surface area contributed by atoms with Crippen LogP contribution >= 0.6 is 0 Å². The summed E-state index contributed by atoms with van der Waals surface area (Å²) in [7, 11) is 0. The minimum Gasteiger partial charge on any atom is -0.387 e. The molecule has 17 heavy (non-hydrogen) atoms. The maximum absolute atomic E-state index is 12.8. The number of hydrogen-bond donors (Lipinski definition) is 1. The Labute approximate surface area is 96.7 Å². The molecule has 1 saturated carbocycles. The molecule has 0 spiro atoms. The number of aromatic nitrogens is 2. The van der Waals surface area contributed by atoms with Crippen molar-refractivity contribution in [1.29, 1.82) is 0 Å². The molecule has 2 aromatic rings. The summed E-state index contributed by atoms with van der Waals surface area (Å²) in [6.07, 6.45) is 0.720. The maximum Gasteiger partial charge on any atom is 0.253 e. The van der Waals surface area contributed by atoms with Gasteiger partial charge >= 0.3 is 0 Å². The zero-order valence-electron chi connectivity index (χ0n) is 9.11. The number of fused-ring (bicyclic) bond motifs is 1. The van der Waals surface area contributed by atoms with E-state index in [1.165, 1.54) is 0 Å².